The Bertz CT molecular complexity index is 327. The number of hydrogen-bond donors (Lipinski definition) is 1. The molecule has 0 fully saturated rings. The number of rotatable bonds is 3. The van der Waals surface area contributed by atoms with Crippen LogP contribution in [0, 0.1) is 0 Å². The molecule has 0 bridgehead atoms. The molecule has 1 atom stereocenters. The van der Waals surface area contributed by atoms with Gasteiger partial charge in [0.1, 0.15) is 0 Å². The summed E-state index contributed by atoms with van der Waals surface area (Å²) < 4.78 is 0. The van der Waals surface area contributed by atoms with E-state index in [2.05, 4.69) is 19.9 Å². The van der Waals surface area contributed by atoms with Crippen LogP contribution in [-0.2, 0) is 0 Å². The van der Waals surface area contributed by atoms with E-state index in [1.807, 2.05) is 24.3 Å². The fourth-order valence-corrected chi connectivity index (χ4v) is 1.43. The summed E-state index contributed by atoms with van der Waals surface area (Å²) in [6.07, 6.45) is 3.01. The van der Waals surface area contributed by atoms with Crippen LogP contribution in [0.3, 0.4) is 0 Å². The van der Waals surface area contributed by atoms with Crippen molar-refractivity contribution >= 4 is 11.6 Å². The van der Waals surface area contributed by atoms with Crippen LogP contribution in [-0.4, -0.2) is 0 Å². The molecule has 0 aliphatic rings. The molecule has 14 heavy (non-hydrogen) atoms. The monoisotopic (exact) mass is 209 g/mol. The molecule has 0 saturated carbocycles. The van der Waals surface area contributed by atoms with Crippen molar-refractivity contribution in [1.82, 2.24) is 0 Å². The number of allylic oxidation sites excluding steroid dienone is 1. The fourth-order valence-electron chi connectivity index (χ4n) is 1.24. The fraction of sp³-hybridized carbons (Fsp3) is 0.333. The van der Waals surface area contributed by atoms with Crippen molar-refractivity contribution in [2.75, 3.05) is 0 Å². The summed E-state index contributed by atoms with van der Waals surface area (Å²) in [5, 5.41) is 0.746. The van der Waals surface area contributed by atoms with Crippen LogP contribution in [0.4, 0.5) is 0 Å². The molecule has 0 heterocycles. The molecule has 1 rings (SSSR count). The quantitative estimate of drug-likeness (QED) is 0.755. The van der Waals surface area contributed by atoms with Gasteiger partial charge < -0.3 is 5.73 Å². The van der Waals surface area contributed by atoms with Crippen LogP contribution in [0.25, 0.3) is 0 Å². The summed E-state index contributed by atoms with van der Waals surface area (Å²) in [7, 11) is 0. The lowest BCUT2D eigenvalue weighted by molar-refractivity contribution is 0.737. The first-order valence-corrected chi connectivity index (χ1v) is 5.12. The third-order valence-electron chi connectivity index (χ3n) is 2.06. The van der Waals surface area contributed by atoms with Crippen molar-refractivity contribution in [2.45, 2.75) is 26.3 Å². The van der Waals surface area contributed by atoms with E-state index in [0.29, 0.717) is 0 Å². The van der Waals surface area contributed by atoms with E-state index in [1.54, 1.807) is 0 Å². The van der Waals surface area contributed by atoms with Gasteiger partial charge in [-0.15, -0.1) is 0 Å². The predicted octanol–water partition coefficient (Wildman–Crippen LogP) is 3.70. The van der Waals surface area contributed by atoms with E-state index < -0.39 is 0 Å². The Morgan fingerprint density at radius 1 is 1.50 bits per heavy atom. The van der Waals surface area contributed by atoms with Gasteiger partial charge in [0.2, 0.25) is 0 Å². The van der Waals surface area contributed by atoms with E-state index in [9.17, 15) is 0 Å². The van der Waals surface area contributed by atoms with Crippen molar-refractivity contribution in [1.29, 1.82) is 0 Å². The van der Waals surface area contributed by atoms with Gasteiger partial charge in [0.25, 0.3) is 0 Å². The Balaban J connectivity index is 2.69. The zero-order valence-electron chi connectivity index (χ0n) is 8.63. The highest BCUT2D eigenvalue weighted by molar-refractivity contribution is 6.30. The number of benzene rings is 1. The molecule has 0 saturated heterocycles. The van der Waals surface area contributed by atoms with Crippen LogP contribution >= 0.6 is 11.6 Å². The first kappa shape index (κ1) is 11.3. The summed E-state index contributed by atoms with van der Waals surface area (Å²) in [5.74, 6) is 0. The van der Waals surface area contributed by atoms with Gasteiger partial charge in [0.15, 0.2) is 0 Å². The third-order valence-corrected chi connectivity index (χ3v) is 2.29. The van der Waals surface area contributed by atoms with E-state index in [1.165, 1.54) is 5.57 Å². The SMILES string of the molecule is CC(C)=CC[C@H](N)c1cccc(Cl)c1. The normalized spacial score (nSPS) is 12.3. The lowest BCUT2D eigenvalue weighted by Gasteiger charge is -2.09. The molecule has 0 radical (unpaired) electrons. The zero-order chi connectivity index (χ0) is 10.6. The lowest BCUT2D eigenvalue weighted by Crippen LogP contribution is -2.08. The van der Waals surface area contributed by atoms with Crippen molar-refractivity contribution in [3.63, 3.8) is 0 Å². The third kappa shape index (κ3) is 3.52. The van der Waals surface area contributed by atoms with Crippen LogP contribution in [0.2, 0.25) is 5.02 Å². The molecular weight excluding hydrogens is 194 g/mol. The maximum atomic E-state index is 6.01. The van der Waals surface area contributed by atoms with Gasteiger partial charge in [-0.05, 0) is 38.0 Å². The van der Waals surface area contributed by atoms with E-state index in [0.717, 1.165) is 17.0 Å². The standard InChI is InChI=1S/C12H16ClN/c1-9(2)6-7-12(14)10-4-3-5-11(13)8-10/h3-6,8,12H,7,14H2,1-2H3/t12-/m0/s1. The molecule has 0 spiro atoms. The summed E-state index contributed by atoms with van der Waals surface area (Å²) in [6.45, 7) is 4.15. The van der Waals surface area contributed by atoms with Crippen molar-refractivity contribution < 1.29 is 0 Å². The zero-order valence-corrected chi connectivity index (χ0v) is 9.38. The maximum absolute atomic E-state index is 6.01. The summed E-state index contributed by atoms with van der Waals surface area (Å²) in [6, 6.07) is 7.77. The molecular formula is C12H16ClN. The Morgan fingerprint density at radius 2 is 2.21 bits per heavy atom. The first-order chi connectivity index (χ1) is 6.59. The number of nitrogens with two attached hydrogens (primary N) is 1. The molecule has 1 nitrogen and oxygen atoms in total. The van der Waals surface area contributed by atoms with Crippen LogP contribution < -0.4 is 5.73 Å². The molecule has 1 aromatic rings. The average molecular weight is 210 g/mol. The highest BCUT2D eigenvalue weighted by atomic mass is 35.5. The minimum Gasteiger partial charge on any atom is -0.324 e. The Kier molecular flexibility index (Phi) is 4.18. The lowest BCUT2D eigenvalue weighted by atomic mass is 10.0. The number of hydrogen-bond acceptors (Lipinski definition) is 1. The molecule has 0 unspecified atom stereocenters. The van der Waals surface area contributed by atoms with Crippen molar-refractivity contribution in [3.8, 4) is 0 Å². The number of halogens is 1. The minimum atomic E-state index is 0.0450. The Labute approximate surface area is 90.6 Å². The molecule has 0 aliphatic heterocycles. The second-order valence-electron chi connectivity index (χ2n) is 3.68. The molecule has 0 amide bonds. The molecule has 2 N–H and O–H groups in total. The Morgan fingerprint density at radius 3 is 2.79 bits per heavy atom. The molecule has 2 heteroatoms. The summed E-state index contributed by atoms with van der Waals surface area (Å²) in [4.78, 5) is 0. The highest BCUT2D eigenvalue weighted by Gasteiger charge is 2.03. The molecule has 0 aliphatic carbocycles. The van der Waals surface area contributed by atoms with Crippen LogP contribution in [0.5, 0.6) is 0 Å². The van der Waals surface area contributed by atoms with Gasteiger partial charge in [-0.2, -0.15) is 0 Å². The van der Waals surface area contributed by atoms with Gasteiger partial charge in [0, 0.05) is 11.1 Å². The topological polar surface area (TPSA) is 26.0 Å². The minimum absolute atomic E-state index is 0.0450. The Hall–Kier alpha value is -0.790. The second kappa shape index (κ2) is 5.18. The average Bonchev–Trinajstić information content (AvgIpc) is 2.14. The second-order valence-corrected chi connectivity index (χ2v) is 4.12. The maximum Gasteiger partial charge on any atom is 0.0409 e. The van der Waals surface area contributed by atoms with E-state index >= 15 is 0 Å². The first-order valence-electron chi connectivity index (χ1n) is 4.74. The van der Waals surface area contributed by atoms with Crippen LogP contribution in [0.1, 0.15) is 31.9 Å². The van der Waals surface area contributed by atoms with Gasteiger partial charge >= 0.3 is 0 Å². The van der Waals surface area contributed by atoms with Crippen molar-refractivity contribution in [3.05, 3.63) is 46.5 Å². The van der Waals surface area contributed by atoms with Gasteiger partial charge in [0.05, 0.1) is 0 Å². The molecule has 76 valence electrons. The van der Waals surface area contributed by atoms with Gasteiger partial charge in [-0.1, -0.05) is 35.4 Å². The van der Waals surface area contributed by atoms with E-state index in [-0.39, 0.29) is 6.04 Å². The highest BCUT2D eigenvalue weighted by Crippen LogP contribution is 2.19. The van der Waals surface area contributed by atoms with E-state index in [4.69, 9.17) is 17.3 Å². The summed E-state index contributed by atoms with van der Waals surface area (Å²) in [5.41, 5.74) is 8.40. The summed E-state index contributed by atoms with van der Waals surface area (Å²) >= 11 is 5.88. The molecule has 0 aromatic heterocycles. The van der Waals surface area contributed by atoms with Crippen LogP contribution in [0.15, 0.2) is 35.9 Å². The largest absolute Gasteiger partial charge is 0.324 e. The molecule has 1 aromatic carbocycles. The van der Waals surface area contributed by atoms with Gasteiger partial charge in [-0.25, -0.2) is 0 Å². The predicted molar refractivity (Wildman–Crippen MR) is 62.4 cm³/mol. The smallest absolute Gasteiger partial charge is 0.0409 e. The van der Waals surface area contributed by atoms with Gasteiger partial charge in [-0.3, -0.25) is 0 Å². The van der Waals surface area contributed by atoms with Crippen molar-refractivity contribution in [2.24, 2.45) is 5.73 Å².